The van der Waals surface area contributed by atoms with Crippen molar-refractivity contribution >= 4 is 28.8 Å². The summed E-state index contributed by atoms with van der Waals surface area (Å²) in [5, 5.41) is 11.9. The van der Waals surface area contributed by atoms with Gasteiger partial charge in [0.15, 0.2) is 5.78 Å². The molecule has 0 saturated carbocycles. The van der Waals surface area contributed by atoms with E-state index in [0.717, 1.165) is 0 Å². The lowest BCUT2D eigenvalue weighted by Crippen LogP contribution is -2.18. The van der Waals surface area contributed by atoms with Crippen molar-refractivity contribution < 1.29 is 14.7 Å². The lowest BCUT2D eigenvalue weighted by atomic mass is 10.0. The molecule has 2 rings (SSSR count). The normalized spacial score (nSPS) is 11.7. The van der Waals surface area contributed by atoms with Crippen molar-refractivity contribution in [3.63, 3.8) is 0 Å². The summed E-state index contributed by atoms with van der Waals surface area (Å²) in [6.45, 7) is 1.37. The molecule has 6 nitrogen and oxygen atoms in total. The molecule has 1 amide bonds. The Balaban J connectivity index is 2.24. The van der Waals surface area contributed by atoms with Crippen molar-refractivity contribution in [1.82, 2.24) is 0 Å². The van der Waals surface area contributed by atoms with Crippen molar-refractivity contribution in [2.45, 2.75) is 13.0 Å². The summed E-state index contributed by atoms with van der Waals surface area (Å²) in [6, 6.07) is 11.1. The number of hydrogen-bond donors (Lipinski definition) is 4. The molecule has 6 N–H and O–H groups in total. The summed E-state index contributed by atoms with van der Waals surface area (Å²) in [4.78, 5) is 23.9. The number of ketones is 1. The van der Waals surface area contributed by atoms with E-state index < -0.39 is 17.8 Å². The number of carbonyl (C=O) groups is 2. The fraction of sp³-hybridized carbons (Fsp3) is 0.125. The summed E-state index contributed by atoms with van der Waals surface area (Å²) in [5.41, 5.74) is 13.1. The fourth-order valence-corrected chi connectivity index (χ4v) is 1.96. The number of rotatable bonds is 4. The Bertz CT molecular complexity index is 726. The van der Waals surface area contributed by atoms with Gasteiger partial charge in [-0.3, -0.25) is 9.59 Å². The van der Waals surface area contributed by atoms with Gasteiger partial charge in [-0.05, 0) is 31.2 Å². The van der Waals surface area contributed by atoms with Crippen LogP contribution >= 0.6 is 0 Å². The quantitative estimate of drug-likeness (QED) is 0.506. The van der Waals surface area contributed by atoms with Crippen molar-refractivity contribution in [3.8, 4) is 0 Å². The molecule has 0 spiro atoms. The first-order valence-corrected chi connectivity index (χ1v) is 6.68. The predicted octanol–water partition coefficient (Wildman–Crippen LogP) is 1.67. The molecule has 6 heteroatoms. The van der Waals surface area contributed by atoms with Crippen molar-refractivity contribution in [3.05, 3.63) is 53.6 Å². The number of amides is 1. The lowest BCUT2D eigenvalue weighted by Gasteiger charge is -2.11. The number of aliphatic hydroxyl groups is 1. The maximum absolute atomic E-state index is 12.2. The second-order valence-electron chi connectivity index (χ2n) is 4.88. The number of nitrogens with one attached hydrogen (secondary N) is 1. The number of anilines is 3. The molecular weight excluding hydrogens is 282 g/mol. The molecule has 0 aromatic heterocycles. The highest BCUT2D eigenvalue weighted by Gasteiger charge is 2.16. The summed E-state index contributed by atoms with van der Waals surface area (Å²) in [6.07, 6.45) is -1.12. The number of hydrogen-bond acceptors (Lipinski definition) is 5. The minimum atomic E-state index is -1.12. The van der Waals surface area contributed by atoms with E-state index in [1.807, 2.05) is 0 Å². The standard InChI is InChI=1S/C16H17N3O3/c1-9(20)15(21)10-6-7-11(13(18)8-10)16(22)19-14-5-3-2-4-12(14)17/h2-9,20H,17-18H2,1H3,(H,19,22). The first kappa shape index (κ1) is 15.5. The number of para-hydroxylation sites is 2. The van der Waals surface area contributed by atoms with Crippen LogP contribution in [0.3, 0.4) is 0 Å². The summed E-state index contributed by atoms with van der Waals surface area (Å²) < 4.78 is 0. The van der Waals surface area contributed by atoms with Crippen LogP contribution in [-0.2, 0) is 0 Å². The first-order valence-electron chi connectivity index (χ1n) is 6.68. The number of aliphatic hydroxyl groups excluding tert-OH is 1. The number of benzene rings is 2. The van der Waals surface area contributed by atoms with Crippen LogP contribution in [0.25, 0.3) is 0 Å². The summed E-state index contributed by atoms with van der Waals surface area (Å²) in [7, 11) is 0. The van der Waals surface area contributed by atoms with Gasteiger partial charge < -0.3 is 21.9 Å². The Morgan fingerprint density at radius 3 is 2.36 bits per heavy atom. The summed E-state index contributed by atoms with van der Waals surface area (Å²) in [5.74, 6) is -0.877. The van der Waals surface area contributed by atoms with Crippen LogP contribution in [-0.4, -0.2) is 22.9 Å². The van der Waals surface area contributed by atoms with Gasteiger partial charge in [0, 0.05) is 11.3 Å². The number of nitrogens with two attached hydrogens (primary N) is 2. The fourth-order valence-electron chi connectivity index (χ4n) is 1.96. The predicted molar refractivity (Wildman–Crippen MR) is 85.7 cm³/mol. The van der Waals surface area contributed by atoms with Gasteiger partial charge in [-0.1, -0.05) is 18.2 Å². The average molecular weight is 299 g/mol. The topological polar surface area (TPSA) is 118 Å². The molecule has 0 bridgehead atoms. The molecule has 1 unspecified atom stereocenters. The van der Waals surface area contributed by atoms with E-state index in [9.17, 15) is 14.7 Å². The first-order chi connectivity index (χ1) is 10.4. The van der Waals surface area contributed by atoms with E-state index in [4.69, 9.17) is 11.5 Å². The molecule has 2 aromatic carbocycles. The van der Waals surface area contributed by atoms with E-state index in [1.165, 1.54) is 25.1 Å². The van der Waals surface area contributed by atoms with Gasteiger partial charge in [-0.2, -0.15) is 0 Å². The minimum absolute atomic E-state index is 0.151. The molecular formula is C16H17N3O3. The maximum atomic E-state index is 12.2. The molecule has 0 saturated heterocycles. The highest BCUT2D eigenvalue weighted by Crippen LogP contribution is 2.21. The van der Waals surface area contributed by atoms with Gasteiger partial charge in [0.25, 0.3) is 5.91 Å². The van der Waals surface area contributed by atoms with E-state index >= 15 is 0 Å². The second-order valence-corrected chi connectivity index (χ2v) is 4.88. The molecule has 1 atom stereocenters. The maximum Gasteiger partial charge on any atom is 0.257 e. The molecule has 0 aliphatic carbocycles. The molecule has 0 aliphatic heterocycles. The van der Waals surface area contributed by atoms with Gasteiger partial charge in [0.1, 0.15) is 6.10 Å². The van der Waals surface area contributed by atoms with Crippen LogP contribution in [0.1, 0.15) is 27.6 Å². The van der Waals surface area contributed by atoms with Crippen LogP contribution in [0.5, 0.6) is 0 Å². The zero-order chi connectivity index (χ0) is 16.3. The van der Waals surface area contributed by atoms with Gasteiger partial charge in [-0.25, -0.2) is 0 Å². The SMILES string of the molecule is CC(O)C(=O)c1ccc(C(=O)Nc2ccccc2N)c(N)c1. The third kappa shape index (κ3) is 3.24. The van der Waals surface area contributed by atoms with Crippen molar-refractivity contribution in [1.29, 1.82) is 0 Å². The highest BCUT2D eigenvalue weighted by molar-refractivity contribution is 6.10. The monoisotopic (exact) mass is 299 g/mol. The average Bonchev–Trinajstić information content (AvgIpc) is 2.48. The Labute approximate surface area is 127 Å². The van der Waals surface area contributed by atoms with Crippen LogP contribution in [0.2, 0.25) is 0 Å². The molecule has 0 radical (unpaired) electrons. The van der Waals surface area contributed by atoms with Gasteiger partial charge >= 0.3 is 0 Å². The minimum Gasteiger partial charge on any atom is -0.398 e. The Hall–Kier alpha value is -2.86. The number of carbonyl (C=O) groups excluding carboxylic acids is 2. The molecule has 0 heterocycles. The van der Waals surface area contributed by atoms with Gasteiger partial charge in [-0.15, -0.1) is 0 Å². The van der Waals surface area contributed by atoms with Crippen molar-refractivity contribution in [2.24, 2.45) is 0 Å². The smallest absolute Gasteiger partial charge is 0.257 e. The number of nitrogen functional groups attached to an aromatic ring is 2. The van der Waals surface area contributed by atoms with Gasteiger partial charge in [0.2, 0.25) is 0 Å². The highest BCUT2D eigenvalue weighted by atomic mass is 16.3. The zero-order valence-corrected chi connectivity index (χ0v) is 12.0. The Kier molecular flexibility index (Phi) is 4.43. The van der Waals surface area contributed by atoms with E-state index in [2.05, 4.69) is 5.32 Å². The third-order valence-corrected chi connectivity index (χ3v) is 3.17. The largest absolute Gasteiger partial charge is 0.398 e. The van der Waals surface area contributed by atoms with Crippen LogP contribution < -0.4 is 16.8 Å². The van der Waals surface area contributed by atoms with Crippen LogP contribution in [0.4, 0.5) is 17.1 Å². The number of Topliss-reactive ketones (excluding diaryl/α,β-unsaturated/α-hetero) is 1. The van der Waals surface area contributed by atoms with Crippen LogP contribution in [0, 0.1) is 0 Å². The van der Waals surface area contributed by atoms with Crippen LogP contribution in [0.15, 0.2) is 42.5 Å². The van der Waals surface area contributed by atoms with E-state index in [1.54, 1.807) is 24.3 Å². The van der Waals surface area contributed by atoms with Crippen molar-refractivity contribution in [2.75, 3.05) is 16.8 Å². The lowest BCUT2D eigenvalue weighted by molar-refractivity contribution is 0.0779. The molecule has 0 aliphatic rings. The Morgan fingerprint density at radius 2 is 1.77 bits per heavy atom. The van der Waals surface area contributed by atoms with Gasteiger partial charge in [0.05, 0.1) is 16.9 Å². The Morgan fingerprint density at radius 1 is 1.09 bits per heavy atom. The molecule has 0 fully saturated rings. The van der Waals surface area contributed by atoms with E-state index in [0.29, 0.717) is 11.4 Å². The molecule has 22 heavy (non-hydrogen) atoms. The second kappa shape index (κ2) is 6.28. The van der Waals surface area contributed by atoms with E-state index in [-0.39, 0.29) is 16.8 Å². The zero-order valence-electron chi connectivity index (χ0n) is 12.0. The summed E-state index contributed by atoms with van der Waals surface area (Å²) >= 11 is 0. The molecule has 2 aromatic rings. The third-order valence-electron chi connectivity index (χ3n) is 3.17. The molecule has 114 valence electrons.